The number of rotatable bonds is 8. The second kappa shape index (κ2) is 9.64. The van der Waals surface area contributed by atoms with Crippen LogP contribution in [-0.4, -0.2) is 39.2 Å². The van der Waals surface area contributed by atoms with Crippen LogP contribution in [0.15, 0.2) is 48.5 Å². The van der Waals surface area contributed by atoms with Gasteiger partial charge < -0.3 is 10.1 Å². The molecule has 170 valence electrons. The van der Waals surface area contributed by atoms with Crippen LogP contribution in [0.25, 0.3) is 11.4 Å². The molecule has 1 aromatic heterocycles. The highest BCUT2D eigenvalue weighted by atomic mass is 16.5. The third-order valence-corrected chi connectivity index (χ3v) is 5.29. The number of aromatic nitrogens is 3. The van der Waals surface area contributed by atoms with Crippen LogP contribution in [0.4, 0.5) is 11.6 Å². The maximum Gasteiger partial charge on any atom is 0.338 e. The molecule has 2 amide bonds. The Kier molecular flexibility index (Phi) is 6.48. The molecule has 0 fully saturated rings. The van der Waals surface area contributed by atoms with E-state index in [1.54, 1.807) is 24.3 Å². The van der Waals surface area contributed by atoms with Gasteiger partial charge in [-0.3, -0.25) is 14.9 Å². The molecule has 1 aliphatic heterocycles. The summed E-state index contributed by atoms with van der Waals surface area (Å²) in [6.07, 6.45) is 1.66. The SMILES string of the molecule is CCCCOC(=O)c1ccc(NC(=O)C[C@@H]2C(=O)Nc3nc(-c4ccc(C)cc4)nn32)cc1. The van der Waals surface area contributed by atoms with E-state index < -0.39 is 12.0 Å². The van der Waals surface area contributed by atoms with Gasteiger partial charge in [0, 0.05) is 11.3 Å². The van der Waals surface area contributed by atoms with Gasteiger partial charge in [0.1, 0.15) is 6.04 Å². The minimum atomic E-state index is -0.792. The first kappa shape index (κ1) is 22.2. The number of hydrogen-bond donors (Lipinski definition) is 2. The van der Waals surface area contributed by atoms with Crippen molar-refractivity contribution in [2.24, 2.45) is 0 Å². The number of carbonyl (C=O) groups is 3. The van der Waals surface area contributed by atoms with Crippen molar-refractivity contribution in [3.05, 3.63) is 59.7 Å². The average molecular weight is 447 g/mol. The smallest absolute Gasteiger partial charge is 0.338 e. The second-order valence-corrected chi connectivity index (χ2v) is 7.89. The third kappa shape index (κ3) is 5.08. The van der Waals surface area contributed by atoms with Crippen LogP contribution < -0.4 is 10.6 Å². The van der Waals surface area contributed by atoms with Crippen molar-refractivity contribution in [1.82, 2.24) is 14.8 Å². The number of anilines is 2. The largest absolute Gasteiger partial charge is 0.462 e. The minimum Gasteiger partial charge on any atom is -0.462 e. The Labute approximate surface area is 191 Å². The molecule has 1 atom stereocenters. The molecule has 0 aliphatic carbocycles. The Morgan fingerprint density at radius 2 is 1.85 bits per heavy atom. The summed E-state index contributed by atoms with van der Waals surface area (Å²) < 4.78 is 6.63. The van der Waals surface area contributed by atoms with E-state index in [1.807, 2.05) is 38.1 Å². The number of benzene rings is 2. The van der Waals surface area contributed by atoms with Crippen LogP contribution in [0, 0.1) is 6.92 Å². The van der Waals surface area contributed by atoms with E-state index in [2.05, 4.69) is 20.7 Å². The molecule has 1 aliphatic rings. The second-order valence-electron chi connectivity index (χ2n) is 7.89. The number of nitrogens with one attached hydrogen (secondary N) is 2. The molecular formula is C24H25N5O4. The molecule has 9 nitrogen and oxygen atoms in total. The van der Waals surface area contributed by atoms with Gasteiger partial charge >= 0.3 is 5.97 Å². The van der Waals surface area contributed by atoms with Crippen molar-refractivity contribution in [1.29, 1.82) is 0 Å². The highest BCUT2D eigenvalue weighted by Gasteiger charge is 2.35. The van der Waals surface area contributed by atoms with Gasteiger partial charge in [0.05, 0.1) is 18.6 Å². The molecule has 9 heteroatoms. The summed E-state index contributed by atoms with van der Waals surface area (Å²) >= 11 is 0. The van der Waals surface area contributed by atoms with Gasteiger partial charge in [-0.15, -0.1) is 5.10 Å². The Balaban J connectivity index is 1.39. The van der Waals surface area contributed by atoms with E-state index >= 15 is 0 Å². The normalized spacial score (nSPS) is 14.5. The van der Waals surface area contributed by atoms with Gasteiger partial charge in [-0.2, -0.15) is 4.98 Å². The Morgan fingerprint density at radius 3 is 2.55 bits per heavy atom. The van der Waals surface area contributed by atoms with Crippen LogP contribution in [-0.2, 0) is 14.3 Å². The summed E-state index contributed by atoms with van der Waals surface area (Å²) in [6.45, 7) is 4.40. The molecule has 0 unspecified atom stereocenters. The monoisotopic (exact) mass is 447 g/mol. The summed E-state index contributed by atoms with van der Waals surface area (Å²) in [7, 11) is 0. The van der Waals surface area contributed by atoms with Crippen molar-refractivity contribution in [3.63, 3.8) is 0 Å². The first-order chi connectivity index (χ1) is 15.9. The number of amides is 2. The van der Waals surface area contributed by atoms with Crippen LogP contribution in [0.1, 0.15) is 48.1 Å². The first-order valence-corrected chi connectivity index (χ1v) is 10.9. The molecule has 0 radical (unpaired) electrons. The minimum absolute atomic E-state index is 0.101. The third-order valence-electron chi connectivity index (χ3n) is 5.29. The zero-order chi connectivity index (χ0) is 23.4. The molecule has 2 N–H and O–H groups in total. The predicted octanol–water partition coefficient (Wildman–Crippen LogP) is 3.73. The van der Waals surface area contributed by atoms with Gasteiger partial charge in [0.25, 0.3) is 5.91 Å². The van der Waals surface area contributed by atoms with Crippen molar-refractivity contribution < 1.29 is 19.1 Å². The molecular weight excluding hydrogens is 422 g/mol. The first-order valence-electron chi connectivity index (χ1n) is 10.9. The number of esters is 1. The van der Waals surface area contributed by atoms with E-state index in [0.717, 1.165) is 24.0 Å². The number of aryl methyl sites for hydroxylation is 1. The van der Waals surface area contributed by atoms with Crippen LogP contribution in [0.2, 0.25) is 0 Å². The average Bonchev–Trinajstić information content (AvgIpc) is 3.33. The van der Waals surface area contributed by atoms with E-state index in [4.69, 9.17) is 4.74 Å². The van der Waals surface area contributed by atoms with Crippen LogP contribution in [0.3, 0.4) is 0 Å². The van der Waals surface area contributed by atoms with E-state index in [-0.39, 0.29) is 18.2 Å². The number of ether oxygens (including phenoxy) is 1. The van der Waals surface area contributed by atoms with Crippen LogP contribution in [0.5, 0.6) is 0 Å². The lowest BCUT2D eigenvalue weighted by atomic mass is 10.1. The highest BCUT2D eigenvalue weighted by Crippen LogP contribution is 2.28. The van der Waals surface area contributed by atoms with Gasteiger partial charge in [0.15, 0.2) is 5.82 Å². The molecule has 0 bridgehead atoms. The van der Waals surface area contributed by atoms with Crippen molar-refractivity contribution >= 4 is 29.4 Å². The van der Waals surface area contributed by atoms with Crippen molar-refractivity contribution in [2.45, 2.75) is 39.2 Å². The maximum absolute atomic E-state index is 12.6. The molecule has 0 saturated heterocycles. The Morgan fingerprint density at radius 1 is 1.12 bits per heavy atom. The van der Waals surface area contributed by atoms with Gasteiger partial charge in [-0.05, 0) is 37.6 Å². The molecule has 3 aromatic rings. The summed E-state index contributed by atoms with van der Waals surface area (Å²) in [5.74, 6) is -0.280. The zero-order valence-electron chi connectivity index (χ0n) is 18.5. The van der Waals surface area contributed by atoms with Gasteiger partial charge in [0.2, 0.25) is 11.9 Å². The number of nitrogens with zero attached hydrogens (tertiary/aromatic N) is 3. The summed E-state index contributed by atoms with van der Waals surface area (Å²) in [5, 5.41) is 9.86. The van der Waals surface area contributed by atoms with Crippen molar-refractivity contribution in [3.8, 4) is 11.4 Å². The fraction of sp³-hybridized carbons (Fsp3) is 0.292. The number of hydrogen-bond acceptors (Lipinski definition) is 6. The lowest BCUT2D eigenvalue weighted by molar-refractivity contribution is -0.123. The lowest BCUT2D eigenvalue weighted by Gasteiger charge is -2.10. The van der Waals surface area contributed by atoms with Gasteiger partial charge in [-0.1, -0.05) is 43.2 Å². The molecule has 33 heavy (non-hydrogen) atoms. The molecule has 2 aromatic carbocycles. The zero-order valence-corrected chi connectivity index (χ0v) is 18.5. The summed E-state index contributed by atoms with van der Waals surface area (Å²) in [5.41, 5.74) is 2.88. The van der Waals surface area contributed by atoms with E-state index in [1.165, 1.54) is 4.68 Å². The molecule has 4 rings (SSSR count). The van der Waals surface area contributed by atoms with Crippen LogP contribution >= 0.6 is 0 Å². The molecule has 2 heterocycles. The quantitative estimate of drug-likeness (QED) is 0.402. The fourth-order valence-corrected chi connectivity index (χ4v) is 3.40. The maximum atomic E-state index is 12.6. The fourth-order valence-electron chi connectivity index (χ4n) is 3.40. The summed E-state index contributed by atoms with van der Waals surface area (Å²) in [4.78, 5) is 41.3. The van der Waals surface area contributed by atoms with E-state index in [9.17, 15) is 14.4 Å². The number of unbranched alkanes of at least 4 members (excludes halogenated alkanes) is 1. The van der Waals surface area contributed by atoms with E-state index in [0.29, 0.717) is 29.6 Å². The number of fused-ring (bicyclic) bond motifs is 1. The molecule has 0 spiro atoms. The summed E-state index contributed by atoms with van der Waals surface area (Å²) in [6, 6.07) is 13.4. The van der Waals surface area contributed by atoms with Crippen molar-refractivity contribution in [2.75, 3.05) is 17.2 Å². The number of carbonyl (C=O) groups excluding carboxylic acids is 3. The highest BCUT2D eigenvalue weighted by molar-refractivity contribution is 6.01. The van der Waals surface area contributed by atoms with Gasteiger partial charge in [-0.25, -0.2) is 9.48 Å². The predicted molar refractivity (Wildman–Crippen MR) is 123 cm³/mol. The lowest BCUT2D eigenvalue weighted by Crippen LogP contribution is -2.23. The topological polar surface area (TPSA) is 115 Å². The molecule has 0 saturated carbocycles. The Bertz CT molecular complexity index is 1170. The standard InChI is InChI=1S/C24H25N5O4/c1-3-4-13-33-23(32)17-9-11-18(12-10-17)25-20(30)14-19-22(31)27-24-26-21(28-29(19)24)16-7-5-15(2)6-8-16/h5-12,19H,3-4,13-14H2,1-2H3,(H,25,30)(H,26,27,28,31)/t19-/m1/s1. The Hall–Kier alpha value is -4.01.